The van der Waals surface area contributed by atoms with Gasteiger partial charge in [-0.15, -0.1) is 11.3 Å². The topological polar surface area (TPSA) is 73.0 Å². The maximum absolute atomic E-state index is 12.5. The van der Waals surface area contributed by atoms with Gasteiger partial charge in [0, 0.05) is 21.5 Å². The van der Waals surface area contributed by atoms with E-state index in [1.807, 2.05) is 42.6 Å². The summed E-state index contributed by atoms with van der Waals surface area (Å²) in [6, 6.07) is 12.7. The predicted octanol–water partition coefficient (Wildman–Crippen LogP) is 4.91. The molecule has 0 bridgehead atoms. The van der Waals surface area contributed by atoms with Gasteiger partial charge in [0.15, 0.2) is 5.76 Å². The fourth-order valence-corrected chi connectivity index (χ4v) is 3.63. The summed E-state index contributed by atoms with van der Waals surface area (Å²) in [4.78, 5) is 17.1. The first-order valence-electron chi connectivity index (χ1n) is 7.73. The van der Waals surface area contributed by atoms with Crippen molar-refractivity contribution in [3.63, 3.8) is 0 Å². The lowest BCUT2D eigenvalue weighted by Crippen LogP contribution is -2.15. The van der Waals surface area contributed by atoms with E-state index in [9.17, 15) is 4.79 Å². The number of anilines is 1. The van der Waals surface area contributed by atoms with Crippen LogP contribution in [0.3, 0.4) is 0 Å². The molecule has 0 atom stereocenters. The molecule has 0 aliphatic carbocycles. The zero-order valence-corrected chi connectivity index (χ0v) is 16.0. The highest BCUT2D eigenvalue weighted by molar-refractivity contribution is 9.10. The number of nitrogens with zero attached hydrogens (tertiary/aromatic N) is 3. The Morgan fingerprint density at radius 2 is 2.15 bits per heavy atom. The van der Waals surface area contributed by atoms with Gasteiger partial charge in [-0.3, -0.25) is 4.79 Å². The van der Waals surface area contributed by atoms with Gasteiger partial charge >= 0.3 is 0 Å². The van der Waals surface area contributed by atoms with E-state index in [0.717, 1.165) is 15.9 Å². The van der Waals surface area contributed by atoms with E-state index in [-0.39, 0.29) is 5.91 Å². The van der Waals surface area contributed by atoms with Crippen molar-refractivity contribution >= 4 is 39.0 Å². The van der Waals surface area contributed by atoms with Crippen LogP contribution in [0, 0.1) is 6.92 Å². The van der Waals surface area contributed by atoms with Gasteiger partial charge in [0.1, 0.15) is 11.5 Å². The second kappa shape index (κ2) is 6.89. The number of aryl methyl sites for hydroxylation is 1. The zero-order valence-electron chi connectivity index (χ0n) is 13.6. The number of carbonyl (C=O) groups is 1. The number of thiazole rings is 1. The Hall–Kier alpha value is -2.71. The maximum Gasteiger partial charge on any atom is 0.256 e. The largest absolute Gasteiger partial charge is 0.463 e. The number of nitrogens with one attached hydrogen (secondary N) is 1. The number of aromatic nitrogens is 3. The molecular weight excluding hydrogens is 416 g/mol. The monoisotopic (exact) mass is 428 g/mol. The molecule has 0 saturated carbocycles. The van der Waals surface area contributed by atoms with E-state index in [4.69, 9.17) is 4.42 Å². The zero-order chi connectivity index (χ0) is 18.1. The molecule has 8 heteroatoms. The summed E-state index contributed by atoms with van der Waals surface area (Å²) in [7, 11) is 0. The number of benzene rings is 1. The van der Waals surface area contributed by atoms with Crippen molar-refractivity contribution in [2.45, 2.75) is 6.92 Å². The molecule has 1 aromatic carbocycles. The van der Waals surface area contributed by atoms with E-state index in [1.165, 1.54) is 11.3 Å². The van der Waals surface area contributed by atoms with E-state index in [0.29, 0.717) is 22.3 Å². The molecule has 0 fully saturated rings. The van der Waals surface area contributed by atoms with Crippen molar-refractivity contribution in [2.75, 3.05) is 5.32 Å². The van der Waals surface area contributed by atoms with Crippen LogP contribution < -0.4 is 5.32 Å². The van der Waals surface area contributed by atoms with Crippen LogP contribution in [0.4, 0.5) is 5.82 Å². The fraction of sp³-hybridized carbons (Fsp3) is 0.0556. The van der Waals surface area contributed by atoms with E-state index in [1.54, 1.807) is 23.1 Å². The van der Waals surface area contributed by atoms with Crippen LogP contribution in [0.1, 0.15) is 16.1 Å². The van der Waals surface area contributed by atoms with Gasteiger partial charge in [-0.25, -0.2) is 4.98 Å². The third-order valence-corrected chi connectivity index (χ3v) is 4.92. The molecule has 6 nitrogen and oxygen atoms in total. The van der Waals surface area contributed by atoms with Crippen molar-refractivity contribution in [1.29, 1.82) is 0 Å². The standard InChI is InChI=1S/C18H13BrN4O2S/c1-11-8-16(21-17(24)12-4-2-5-13(19)9-12)23(22-11)18-20-14(10-26-18)15-6-3-7-25-15/h2-10H,1H3,(H,21,24). The molecule has 0 radical (unpaired) electrons. The SMILES string of the molecule is Cc1cc(NC(=O)c2cccc(Br)c2)n(-c2nc(-c3ccco3)cs2)n1. The van der Waals surface area contributed by atoms with Crippen LogP contribution in [0.5, 0.6) is 0 Å². The van der Waals surface area contributed by atoms with Gasteiger partial charge in [-0.2, -0.15) is 9.78 Å². The van der Waals surface area contributed by atoms with Crippen LogP contribution in [0.2, 0.25) is 0 Å². The Morgan fingerprint density at radius 3 is 2.92 bits per heavy atom. The second-order valence-electron chi connectivity index (χ2n) is 5.54. The van der Waals surface area contributed by atoms with Gasteiger partial charge < -0.3 is 9.73 Å². The maximum atomic E-state index is 12.5. The Bertz CT molecular complexity index is 1070. The lowest BCUT2D eigenvalue weighted by molar-refractivity contribution is 0.102. The Morgan fingerprint density at radius 1 is 1.27 bits per heavy atom. The molecule has 0 saturated heterocycles. The summed E-state index contributed by atoms with van der Waals surface area (Å²) in [5.41, 5.74) is 2.07. The number of carbonyl (C=O) groups excluding carboxylic acids is 1. The Balaban J connectivity index is 1.64. The minimum absolute atomic E-state index is 0.213. The molecule has 0 aliphatic rings. The molecule has 130 valence electrons. The quantitative estimate of drug-likeness (QED) is 0.500. The Labute approximate surface area is 161 Å². The van der Waals surface area contributed by atoms with E-state index >= 15 is 0 Å². The molecule has 0 aliphatic heterocycles. The fourth-order valence-electron chi connectivity index (χ4n) is 2.45. The molecule has 3 aromatic heterocycles. The summed E-state index contributed by atoms with van der Waals surface area (Å²) >= 11 is 4.80. The summed E-state index contributed by atoms with van der Waals surface area (Å²) in [5.74, 6) is 1.04. The van der Waals surface area contributed by atoms with Gasteiger partial charge in [0.2, 0.25) is 5.13 Å². The number of halogens is 1. The highest BCUT2D eigenvalue weighted by Crippen LogP contribution is 2.27. The van der Waals surface area contributed by atoms with Crippen molar-refractivity contribution in [3.05, 3.63) is 69.8 Å². The van der Waals surface area contributed by atoms with Gasteiger partial charge in [-0.1, -0.05) is 22.0 Å². The second-order valence-corrected chi connectivity index (χ2v) is 7.29. The van der Waals surface area contributed by atoms with Crippen LogP contribution >= 0.6 is 27.3 Å². The minimum atomic E-state index is -0.213. The lowest BCUT2D eigenvalue weighted by atomic mass is 10.2. The van der Waals surface area contributed by atoms with Crippen molar-refractivity contribution in [1.82, 2.24) is 14.8 Å². The molecule has 4 aromatic rings. The summed E-state index contributed by atoms with van der Waals surface area (Å²) < 4.78 is 7.85. The number of furan rings is 1. The summed E-state index contributed by atoms with van der Waals surface area (Å²) in [6.45, 7) is 1.87. The molecule has 1 N–H and O–H groups in total. The molecule has 4 rings (SSSR count). The van der Waals surface area contributed by atoms with Crippen LogP contribution in [0.25, 0.3) is 16.6 Å². The number of rotatable bonds is 4. The molecule has 26 heavy (non-hydrogen) atoms. The molecule has 0 unspecified atom stereocenters. The van der Waals surface area contributed by atoms with Crippen molar-refractivity contribution < 1.29 is 9.21 Å². The van der Waals surface area contributed by atoms with E-state index < -0.39 is 0 Å². The normalized spacial score (nSPS) is 10.8. The van der Waals surface area contributed by atoms with Gasteiger partial charge in [-0.05, 0) is 37.3 Å². The molecule has 0 spiro atoms. The third kappa shape index (κ3) is 3.33. The smallest absolute Gasteiger partial charge is 0.256 e. The minimum Gasteiger partial charge on any atom is -0.463 e. The van der Waals surface area contributed by atoms with Crippen LogP contribution in [-0.4, -0.2) is 20.7 Å². The molecule has 1 amide bonds. The van der Waals surface area contributed by atoms with E-state index in [2.05, 4.69) is 31.3 Å². The van der Waals surface area contributed by atoms with Crippen molar-refractivity contribution in [2.24, 2.45) is 0 Å². The lowest BCUT2D eigenvalue weighted by Gasteiger charge is -2.06. The number of hydrogen-bond donors (Lipinski definition) is 1. The first kappa shape index (κ1) is 16.7. The average molecular weight is 429 g/mol. The van der Waals surface area contributed by atoms with Gasteiger partial charge in [0.05, 0.1) is 12.0 Å². The van der Waals surface area contributed by atoms with Crippen molar-refractivity contribution in [3.8, 4) is 16.6 Å². The Kier molecular flexibility index (Phi) is 4.44. The summed E-state index contributed by atoms with van der Waals surface area (Å²) in [6.07, 6.45) is 1.61. The highest BCUT2D eigenvalue weighted by Gasteiger charge is 2.16. The first-order valence-corrected chi connectivity index (χ1v) is 9.41. The third-order valence-electron chi connectivity index (χ3n) is 3.61. The van der Waals surface area contributed by atoms with Crippen LogP contribution in [-0.2, 0) is 0 Å². The highest BCUT2D eigenvalue weighted by atomic mass is 79.9. The summed E-state index contributed by atoms with van der Waals surface area (Å²) in [5, 5.41) is 9.89. The number of hydrogen-bond acceptors (Lipinski definition) is 5. The first-order chi connectivity index (χ1) is 12.6. The van der Waals surface area contributed by atoms with Gasteiger partial charge in [0.25, 0.3) is 5.91 Å². The predicted molar refractivity (Wildman–Crippen MR) is 104 cm³/mol. The average Bonchev–Trinajstić information content (AvgIpc) is 3.34. The number of amides is 1. The molecular formula is C18H13BrN4O2S. The van der Waals surface area contributed by atoms with Crippen LogP contribution in [0.15, 0.2) is 63.0 Å². The molecule has 3 heterocycles.